The zero-order valence-corrected chi connectivity index (χ0v) is 13.5. The topological polar surface area (TPSA) is 111 Å². The zero-order valence-electron chi connectivity index (χ0n) is 13.5. The van der Waals surface area contributed by atoms with E-state index < -0.39 is 17.9 Å². The van der Waals surface area contributed by atoms with Crippen molar-refractivity contribution in [2.24, 2.45) is 5.73 Å². The summed E-state index contributed by atoms with van der Waals surface area (Å²) in [4.78, 5) is 24.1. The molecule has 0 aliphatic carbocycles. The lowest BCUT2D eigenvalue weighted by Gasteiger charge is -2.11. The maximum Gasteiger partial charge on any atom is 0.252 e. The minimum Gasteiger partial charge on any atom is -0.418 e. The van der Waals surface area contributed by atoms with Crippen LogP contribution < -0.4 is 11.1 Å². The molecule has 1 heterocycles. The molecule has 3 aromatic rings. The third-order valence-corrected chi connectivity index (χ3v) is 3.58. The largest absolute Gasteiger partial charge is 0.418 e. The summed E-state index contributed by atoms with van der Waals surface area (Å²) in [5.74, 6) is -1.06. The van der Waals surface area contributed by atoms with Gasteiger partial charge in [0.1, 0.15) is 0 Å². The van der Waals surface area contributed by atoms with Crippen LogP contribution >= 0.6 is 0 Å². The minimum atomic E-state index is -1.21. The normalized spacial score (nSPS) is 11.7. The molecule has 0 bridgehead atoms. The second kappa shape index (κ2) is 6.96. The summed E-state index contributed by atoms with van der Waals surface area (Å²) in [6, 6.07) is 14.8. The first-order valence-corrected chi connectivity index (χ1v) is 7.60. The molecule has 7 nitrogen and oxygen atoms in total. The molecule has 0 radical (unpaired) electrons. The van der Waals surface area contributed by atoms with E-state index >= 15 is 0 Å². The van der Waals surface area contributed by atoms with E-state index in [1.807, 2.05) is 25.1 Å². The summed E-state index contributed by atoms with van der Waals surface area (Å²) in [7, 11) is 0. The second-order valence-corrected chi connectivity index (χ2v) is 5.49. The number of amides is 2. The lowest BCUT2D eigenvalue weighted by molar-refractivity contribution is -0.120. The number of carbonyl (C=O) groups is 2. The fraction of sp³-hybridized carbons (Fsp3) is 0.111. The Hall–Kier alpha value is -3.48. The van der Waals surface area contributed by atoms with Crippen LogP contribution in [-0.4, -0.2) is 22.0 Å². The Morgan fingerprint density at radius 3 is 2.36 bits per heavy atom. The molecule has 0 unspecified atom stereocenters. The van der Waals surface area contributed by atoms with E-state index in [0.717, 1.165) is 5.56 Å². The highest BCUT2D eigenvalue weighted by Gasteiger charge is 2.27. The molecule has 0 aliphatic rings. The number of hydrogen-bond acceptors (Lipinski definition) is 5. The number of aromatic nitrogens is 2. The van der Waals surface area contributed by atoms with Crippen molar-refractivity contribution in [3.63, 3.8) is 0 Å². The summed E-state index contributed by atoms with van der Waals surface area (Å²) < 4.78 is 5.51. The molecule has 0 spiro atoms. The van der Waals surface area contributed by atoms with Gasteiger partial charge in [-0.25, -0.2) is 0 Å². The van der Waals surface area contributed by atoms with Crippen molar-refractivity contribution >= 4 is 11.8 Å². The Balaban J connectivity index is 1.82. The van der Waals surface area contributed by atoms with Crippen LogP contribution in [0.5, 0.6) is 0 Å². The molecule has 2 aromatic carbocycles. The average molecular weight is 336 g/mol. The molecule has 1 atom stereocenters. The number of nitrogens with zero attached hydrogens (tertiary/aromatic N) is 2. The van der Waals surface area contributed by atoms with Gasteiger partial charge in [0.05, 0.1) is 0 Å². The van der Waals surface area contributed by atoms with Crippen LogP contribution in [0.4, 0.5) is 0 Å². The molecule has 0 aliphatic heterocycles. The van der Waals surface area contributed by atoms with Gasteiger partial charge in [-0.3, -0.25) is 9.59 Å². The summed E-state index contributed by atoms with van der Waals surface area (Å²) in [6.07, 6.45) is 0. The highest BCUT2D eigenvalue weighted by molar-refractivity contribution is 5.97. The number of nitrogens with two attached hydrogens (primary N) is 1. The van der Waals surface area contributed by atoms with Gasteiger partial charge in [-0.05, 0) is 31.2 Å². The van der Waals surface area contributed by atoms with Crippen LogP contribution in [0.3, 0.4) is 0 Å². The van der Waals surface area contributed by atoms with E-state index in [-0.39, 0.29) is 11.8 Å². The second-order valence-electron chi connectivity index (χ2n) is 5.49. The summed E-state index contributed by atoms with van der Waals surface area (Å²) in [6.45, 7) is 1.91. The van der Waals surface area contributed by atoms with Gasteiger partial charge in [-0.1, -0.05) is 35.9 Å². The lowest BCUT2D eigenvalue weighted by Crippen LogP contribution is -2.37. The molecule has 3 rings (SSSR count). The van der Waals surface area contributed by atoms with Crippen molar-refractivity contribution in [2.75, 3.05) is 0 Å². The van der Waals surface area contributed by atoms with E-state index in [2.05, 4.69) is 15.5 Å². The van der Waals surface area contributed by atoms with Gasteiger partial charge in [0.15, 0.2) is 6.04 Å². The quantitative estimate of drug-likeness (QED) is 0.740. The monoisotopic (exact) mass is 336 g/mol. The zero-order chi connectivity index (χ0) is 17.8. The van der Waals surface area contributed by atoms with E-state index in [4.69, 9.17) is 10.2 Å². The number of aryl methyl sites for hydroxylation is 1. The molecule has 3 N–H and O–H groups in total. The van der Waals surface area contributed by atoms with Gasteiger partial charge >= 0.3 is 0 Å². The van der Waals surface area contributed by atoms with Gasteiger partial charge in [-0.2, -0.15) is 0 Å². The molecular weight excluding hydrogens is 320 g/mol. The fourth-order valence-electron chi connectivity index (χ4n) is 2.22. The van der Waals surface area contributed by atoms with Gasteiger partial charge in [-0.15, -0.1) is 10.2 Å². The molecule has 2 amide bonds. The molecule has 7 heteroatoms. The van der Waals surface area contributed by atoms with Crippen LogP contribution in [0.2, 0.25) is 0 Å². The van der Waals surface area contributed by atoms with Crippen LogP contribution in [0.15, 0.2) is 59.0 Å². The third-order valence-electron chi connectivity index (χ3n) is 3.58. The van der Waals surface area contributed by atoms with Crippen molar-refractivity contribution < 1.29 is 14.0 Å². The molecule has 126 valence electrons. The first kappa shape index (κ1) is 16.4. The molecule has 25 heavy (non-hydrogen) atoms. The Labute approximate surface area is 143 Å². The van der Waals surface area contributed by atoms with E-state index in [1.54, 1.807) is 36.4 Å². The standard InChI is InChI=1S/C18H16N4O3/c1-11-7-9-12(10-8-11)16(24)20-14(15(19)23)18-22-21-17(25-18)13-5-3-2-4-6-13/h2-10,14H,1H3,(H2,19,23)(H,20,24)/t14-/m1/s1. The minimum absolute atomic E-state index is 0.0631. The van der Waals surface area contributed by atoms with Crippen LogP contribution in [0, 0.1) is 6.92 Å². The molecular formula is C18H16N4O3. The van der Waals surface area contributed by atoms with Crippen LogP contribution in [0.1, 0.15) is 27.9 Å². The number of carbonyl (C=O) groups excluding carboxylic acids is 2. The fourth-order valence-corrected chi connectivity index (χ4v) is 2.22. The summed E-state index contributed by atoms with van der Waals surface area (Å²) in [5, 5.41) is 10.3. The maximum atomic E-state index is 12.3. The van der Waals surface area contributed by atoms with Gasteiger partial charge < -0.3 is 15.5 Å². The van der Waals surface area contributed by atoms with Crippen molar-refractivity contribution in [3.8, 4) is 11.5 Å². The number of nitrogens with one attached hydrogen (secondary N) is 1. The van der Waals surface area contributed by atoms with Crippen molar-refractivity contribution in [3.05, 3.63) is 71.6 Å². The number of benzene rings is 2. The number of primary amides is 1. The number of rotatable bonds is 5. The van der Waals surface area contributed by atoms with Gasteiger partial charge in [0, 0.05) is 11.1 Å². The van der Waals surface area contributed by atoms with Crippen LogP contribution in [0.25, 0.3) is 11.5 Å². The number of hydrogen-bond donors (Lipinski definition) is 2. The van der Waals surface area contributed by atoms with E-state index in [1.165, 1.54) is 0 Å². The molecule has 0 fully saturated rings. The summed E-state index contributed by atoms with van der Waals surface area (Å²) >= 11 is 0. The predicted molar refractivity (Wildman–Crippen MR) is 90.3 cm³/mol. The highest BCUT2D eigenvalue weighted by atomic mass is 16.4. The van der Waals surface area contributed by atoms with Crippen LogP contribution in [-0.2, 0) is 4.79 Å². The van der Waals surface area contributed by atoms with Gasteiger partial charge in [0.2, 0.25) is 17.7 Å². The first-order chi connectivity index (χ1) is 12.0. The summed E-state index contributed by atoms with van der Waals surface area (Å²) in [5.41, 5.74) is 7.51. The van der Waals surface area contributed by atoms with Crippen molar-refractivity contribution in [1.82, 2.24) is 15.5 Å². The molecule has 0 saturated carbocycles. The SMILES string of the molecule is Cc1ccc(C(=O)N[C@H](C(N)=O)c2nnc(-c3ccccc3)o2)cc1. The molecule has 1 aromatic heterocycles. The third kappa shape index (κ3) is 3.72. The highest BCUT2D eigenvalue weighted by Crippen LogP contribution is 2.20. The van der Waals surface area contributed by atoms with Gasteiger partial charge in [0.25, 0.3) is 5.91 Å². The Morgan fingerprint density at radius 2 is 1.72 bits per heavy atom. The average Bonchev–Trinajstić information content (AvgIpc) is 3.10. The Kier molecular flexibility index (Phi) is 4.56. The Bertz CT molecular complexity index is 888. The van der Waals surface area contributed by atoms with E-state index in [0.29, 0.717) is 11.1 Å². The van der Waals surface area contributed by atoms with E-state index in [9.17, 15) is 9.59 Å². The smallest absolute Gasteiger partial charge is 0.252 e. The first-order valence-electron chi connectivity index (χ1n) is 7.60. The predicted octanol–water partition coefficient (Wildman–Crippen LogP) is 2.00. The Morgan fingerprint density at radius 1 is 1.04 bits per heavy atom. The van der Waals surface area contributed by atoms with Crippen molar-refractivity contribution in [2.45, 2.75) is 13.0 Å². The van der Waals surface area contributed by atoms with Crippen molar-refractivity contribution in [1.29, 1.82) is 0 Å². The molecule has 0 saturated heterocycles. The maximum absolute atomic E-state index is 12.3. The lowest BCUT2D eigenvalue weighted by atomic mass is 10.1.